The Labute approximate surface area is 251 Å². The quantitative estimate of drug-likeness (QED) is 0.138. The van der Waals surface area contributed by atoms with Crippen LogP contribution in [0, 0.1) is 0 Å². The van der Waals surface area contributed by atoms with Crippen LogP contribution in [0.3, 0.4) is 0 Å². The zero-order valence-corrected chi connectivity index (χ0v) is 24.3. The van der Waals surface area contributed by atoms with Gasteiger partial charge in [0.05, 0.1) is 21.4 Å². The average molecular weight is 594 g/mol. The van der Waals surface area contributed by atoms with E-state index in [4.69, 9.17) is 0 Å². The Hall–Kier alpha value is -4.36. The first-order valence-electron chi connectivity index (χ1n) is 14.5. The third-order valence-electron chi connectivity index (χ3n) is 8.03. The molecule has 0 fully saturated rings. The second-order valence-electron chi connectivity index (χ2n) is 10.9. The lowest BCUT2D eigenvalue weighted by atomic mass is 10.1. The highest BCUT2D eigenvalue weighted by atomic mass is 32.2. The second-order valence-corrected chi connectivity index (χ2v) is 12.0. The first-order valence-corrected chi connectivity index (χ1v) is 15.4. The molecule has 0 aliphatic rings. The van der Waals surface area contributed by atoms with Crippen LogP contribution in [-0.4, -0.2) is 4.98 Å². The molecule has 0 unspecified atom stereocenters. The molecule has 0 spiro atoms. The molecule has 43 heavy (non-hydrogen) atoms. The largest absolute Gasteiger partial charge is 0.417 e. The van der Waals surface area contributed by atoms with E-state index in [9.17, 15) is 13.2 Å². The van der Waals surface area contributed by atoms with Crippen molar-refractivity contribution in [3.05, 3.63) is 121 Å². The van der Waals surface area contributed by atoms with E-state index >= 15 is 0 Å². The van der Waals surface area contributed by atoms with E-state index in [-0.39, 0.29) is 4.90 Å². The van der Waals surface area contributed by atoms with Gasteiger partial charge >= 0.3 is 6.18 Å². The van der Waals surface area contributed by atoms with Crippen LogP contribution >= 0.6 is 11.8 Å². The zero-order chi connectivity index (χ0) is 29.4. The standard InChI is InChI=1S/C36H29F3N3S/c37-36(38,39)29-15-5-9-19-34(29)43-27-22-25-12-2-7-17-32(25)41(24-27)20-10-1-11-21-42-33-18-8-3-13-26(33)23-31-35(42)28-14-4-6-16-30(28)40-31/h2-9,12-19,22-24H,1,10-11,20-21H2/q+1/p+1. The molecule has 7 heteroatoms. The maximum absolute atomic E-state index is 13.7. The maximum atomic E-state index is 13.7. The lowest BCUT2D eigenvalue weighted by Gasteiger charge is -2.12. The second kappa shape index (κ2) is 11.4. The molecule has 0 aliphatic heterocycles. The summed E-state index contributed by atoms with van der Waals surface area (Å²) in [4.78, 5) is 4.61. The van der Waals surface area contributed by atoms with Gasteiger partial charge in [0.2, 0.25) is 16.6 Å². The van der Waals surface area contributed by atoms with Gasteiger partial charge in [0.15, 0.2) is 6.20 Å². The molecule has 0 saturated carbocycles. The number of para-hydroxylation sites is 3. The fourth-order valence-corrected chi connectivity index (χ4v) is 7.14. The van der Waals surface area contributed by atoms with Crippen molar-refractivity contribution in [2.75, 3.05) is 0 Å². The van der Waals surface area contributed by atoms with Crippen molar-refractivity contribution in [2.24, 2.45) is 0 Å². The molecule has 0 amide bonds. The lowest BCUT2D eigenvalue weighted by molar-refractivity contribution is -0.674. The Morgan fingerprint density at radius 3 is 2.16 bits per heavy atom. The predicted octanol–water partition coefficient (Wildman–Crippen LogP) is 9.24. The molecule has 0 radical (unpaired) electrons. The monoisotopic (exact) mass is 593 g/mol. The minimum atomic E-state index is -4.39. The van der Waals surface area contributed by atoms with Crippen molar-refractivity contribution in [3.63, 3.8) is 0 Å². The maximum Gasteiger partial charge on any atom is 0.417 e. The average Bonchev–Trinajstić information content (AvgIpc) is 3.38. The number of aromatic amines is 1. The van der Waals surface area contributed by atoms with Crippen molar-refractivity contribution >= 4 is 55.5 Å². The van der Waals surface area contributed by atoms with E-state index < -0.39 is 11.7 Å². The summed E-state index contributed by atoms with van der Waals surface area (Å²) < 4.78 is 45.6. The first kappa shape index (κ1) is 27.5. The summed E-state index contributed by atoms with van der Waals surface area (Å²) in [5, 5.41) is 3.46. The molecule has 1 N–H and O–H groups in total. The van der Waals surface area contributed by atoms with Gasteiger partial charge in [-0.15, -0.1) is 0 Å². The van der Waals surface area contributed by atoms with Gasteiger partial charge in [-0.3, -0.25) is 0 Å². The summed E-state index contributed by atoms with van der Waals surface area (Å²) in [6.45, 7) is 1.69. The highest BCUT2D eigenvalue weighted by Gasteiger charge is 2.33. The van der Waals surface area contributed by atoms with Crippen LogP contribution in [-0.2, 0) is 19.3 Å². The first-order chi connectivity index (χ1) is 21.0. The summed E-state index contributed by atoms with van der Waals surface area (Å²) >= 11 is 1.17. The number of halogens is 3. The third-order valence-corrected chi connectivity index (χ3v) is 9.07. The Kier molecular flexibility index (Phi) is 7.27. The summed E-state index contributed by atoms with van der Waals surface area (Å²) in [6, 6.07) is 35.1. The van der Waals surface area contributed by atoms with Gasteiger partial charge in [-0.05, 0) is 55.0 Å². The van der Waals surface area contributed by atoms with Crippen molar-refractivity contribution < 1.29 is 22.3 Å². The van der Waals surface area contributed by atoms with E-state index in [1.807, 2.05) is 30.5 Å². The normalized spacial score (nSPS) is 12.2. The van der Waals surface area contributed by atoms with Gasteiger partial charge in [0, 0.05) is 40.6 Å². The molecule has 3 heterocycles. The van der Waals surface area contributed by atoms with Gasteiger partial charge in [-0.1, -0.05) is 60.3 Å². The van der Waals surface area contributed by atoms with Gasteiger partial charge in [-0.25, -0.2) is 0 Å². The number of pyridine rings is 2. The van der Waals surface area contributed by atoms with Crippen LogP contribution < -0.4 is 9.13 Å². The minimum Gasteiger partial charge on any atom is -0.349 e. The van der Waals surface area contributed by atoms with Gasteiger partial charge in [-0.2, -0.15) is 22.3 Å². The molecule has 0 saturated heterocycles. The third kappa shape index (κ3) is 5.45. The smallest absolute Gasteiger partial charge is 0.349 e. The topological polar surface area (TPSA) is 23.5 Å². The van der Waals surface area contributed by atoms with Crippen molar-refractivity contribution in [1.82, 2.24) is 4.98 Å². The Bertz CT molecular complexity index is 2100. The summed E-state index contributed by atoms with van der Waals surface area (Å²) in [6.07, 6.45) is 0.602. The van der Waals surface area contributed by atoms with Crippen LogP contribution in [0.15, 0.2) is 125 Å². The molecule has 7 rings (SSSR count). The molecule has 214 valence electrons. The van der Waals surface area contributed by atoms with Crippen LogP contribution in [0.4, 0.5) is 13.2 Å². The molecule has 0 aliphatic carbocycles. The zero-order valence-electron chi connectivity index (χ0n) is 23.4. The van der Waals surface area contributed by atoms with Crippen molar-refractivity contribution in [2.45, 2.75) is 48.3 Å². The van der Waals surface area contributed by atoms with Crippen molar-refractivity contribution in [1.29, 1.82) is 0 Å². The van der Waals surface area contributed by atoms with Crippen LogP contribution in [0.2, 0.25) is 0 Å². The van der Waals surface area contributed by atoms with Crippen molar-refractivity contribution in [3.8, 4) is 0 Å². The molecular weight excluding hydrogens is 563 g/mol. The highest BCUT2D eigenvalue weighted by Crippen LogP contribution is 2.39. The highest BCUT2D eigenvalue weighted by molar-refractivity contribution is 7.99. The molecule has 7 aromatic rings. The molecular formula is C36H30F3N3S+2. The van der Waals surface area contributed by atoms with E-state index in [0.717, 1.165) is 65.3 Å². The van der Waals surface area contributed by atoms with Gasteiger partial charge in [0.1, 0.15) is 18.6 Å². The Balaban J connectivity index is 1.12. The number of aryl methyl sites for hydroxylation is 2. The molecule has 0 atom stereocenters. The molecule has 4 aromatic carbocycles. The van der Waals surface area contributed by atoms with E-state index in [0.29, 0.717) is 0 Å². The number of hydrogen-bond acceptors (Lipinski definition) is 1. The SMILES string of the molecule is FC(F)(F)c1ccccc1Sc1cc2ccccc2[n+](CCCCC[n+]2c3ccccc3cc3[nH]c4ccccc4c32)c1. The number of fused-ring (bicyclic) bond motifs is 5. The fourth-order valence-electron chi connectivity index (χ4n) is 6.08. The predicted molar refractivity (Wildman–Crippen MR) is 167 cm³/mol. The van der Waals surface area contributed by atoms with Crippen LogP contribution in [0.5, 0.6) is 0 Å². The minimum absolute atomic E-state index is 0.215. The number of H-pyrrole nitrogens is 1. The Morgan fingerprint density at radius 1 is 0.651 bits per heavy atom. The number of alkyl halides is 3. The van der Waals surface area contributed by atoms with Gasteiger partial charge < -0.3 is 4.98 Å². The van der Waals surface area contributed by atoms with Crippen LogP contribution in [0.25, 0.3) is 43.7 Å². The number of hydrogen-bond donors (Lipinski definition) is 1. The number of nitrogens with zero attached hydrogens (tertiary/aromatic N) is 2. The number of unbranched alkanes of at least 4 members (excludes halogenated alkanes) is 2. The number of aromatic nitrogens is 3. The lowest BCUT2D eigenvalue weighted by Crippen LogP contribution is -2.36. The van der Waals surface area contributed by atoms with E-state index in [1.54, 1.807) is 12.1 Å². The number of rotatable bonds is 8. The van der Waals surface area contributed by atoms with Gasteiger partial charge in [0.25, 0.3) is 0 Å². The van der Waals surface area contributed by atoms with E-state index in [1.165, 1.54) is 39.6 Å². The van der Waals surface area contributed by atoms with Crippen LogP contribution in [0.1, 0.15) is 24.8 Å². The molecule has 3 aromatic heterocycles. The molecule has 0 bridgehead atoms. The number of benzene rings is 4. The summed E-state index contributed by atoms with van der Waals surface area (Å²) in [5.74, 6) is 0. The summed E-state index contributed by atoms with van der Waals surface area (Å²) in [7, 11) is 0. The molecule has 3 nitrogen and oxygen atoms in total. The summed E-state index contributed by atoms with van der Waals surface area (Å²) in [5.41, 5.74) is 5.22. The number of nitrogens with one attached hydrogen (secondary N) is 1. The van der Waals surface area contributed by atoms with E-state index in [2.05, 4.69) is 74.8 Å². The Morgan fingerprint density at radius 2 is 1.33 bits per heavy atom. The fraction of sp³-hybridized carbons (Fsp3) is 0.167.